The number of aryl methyl sites for hydroxylation is 1. The molecule has 4 heterocycles. The average Bonchev–Trinajstić information content (AvgIpc) is 3.55. The summed E-state index contributed by atoms with van der Waals surface area (Å²) in [5.74, 6) is 1.46. The van der Waals surface area contributed by atoms with E-state index in [0.29, 0.717) is 30.2 Å². The summed E-state index contributed by atoms with van der Waals surface area (Å²) >= 11 is 1.67. The minimum Gasteiger partial charge on any atom is -0.460 e. The first-order valence-corrected chi connectivity index (χ1v) is 11.2. The van der Waals surface area contributed by atoms with Gasteiger partial charge in [0, 0.05) is 49.7 Å². The van der Waals surface area contributed by atoms with E-state index in [-0.39, 0.29) is 5.91 Å². The molecule has 4 aromatic rings. The van der Waals surface area contributed by atoms with Gasteiger partial charge in [-0.2, -0.15) is 5.10 Å². The molecule has 0 unspecified atom stereocenters. The Hall–Kier alpha value is -3.23. The number of nitrogens with zero attached hydrogens (tertiary/aromatic N) is 4. The molecule has 0 saturated carbocycles. The van der Waals surface area contributed by atoms with Crippen molar-refractivity contribution in [3.8, 4) is 22.0 Å². The van der Waals surface area contributed by atoms with Gasteiger partial charge in [-0.1, -0.05) is 30.3 Å². The lowest BCUT2D eigenvalue weighted by Crippen LogP contribution is -2.48. The Morgan fingerprint density at radius 1 is 1.13 bits per heavy atom. The Morgan fingerprint density at radius 2 is 1.94 bits per heavy atom. The number of rotatable bonds is 5. The molecule has 31 heavy (non-hydrogen) atoms. The molecule has 1 saturated heterocycles. The molecule has 0 radical (unpaired) electrons. The number of carbonyl (C=O) groups is 1. The van der Waals surface area contributed by atoms with E-state index < -0.39 is 0 Å². The fourth-order valence-electron chi connectivity index (χ4n) is 3.73. The third-order valence-electron chi connectivity index (χ3n) is 5.42. The van der Waals surface area contributed by atoms with E-state index in [0.717, 1.165) is 41.7 Å². The van der Waals surface area contributed by atoms with Gasteiger partial charge in [-0.25, -0.2) is 4.98 Å². The molecule has 5 rings (SSSR count). The van der Waals surface area contributed by atoms with Crippen LogP contribution in [-0.2, 0) is 6.54 Å². The predicted octanol–water partition coefficient (Wildman–Crippen LogP) is 4.06. The van der Waals surface area contributed by atoms with Gasteiger partial charge in [0.1, 0.15) is 16.5 Å². The maximum Gasteiger partial charge on any atom is 0.274 e. The van der Waals surface area contributed by atoms with Crippen molar-refractivity contribution in [3.63, 3.8) is 0 Å². The molecule has 0 bridgehead atoms. The van der Waals surface area contributed by atoms with Crippen molar-refractivity contribution >= 4 is 17.2 Å². The van der Waals surface area contributed by atoms with E-state index in [1.165, 1.54) is 0 Å². The molecule has 1 aliphatic rings. The van der Waals surface area contributed by atoms with Gasteiger partial charge in [0.2, 0.25) is 0 Å². The number of aromatic nitrogens is 3. The molecule has 1 amide bonds. The molecule has 7 nitrogen and oxygen atoms in total. The summed E-state index contributed by atoms with van der Waals surface area (Å²) < 4.78 is 5.60. The van der Waals surface area contributed by atoms with Crippen LogP contribution in [0.25, 0.3) is 22.0 Å². The smallest absolute Gasteiger partial charge is 0.274 e. The number of hydrogen-bond acceptors (Lipinski definition) is 6. The Morgan fingerprint density at radius 3 is 2.68 bits per heavy atom. The highest BCUT2D eigenvalue weighted by atomic mass is 32.1. The first-order chi connectivity index (χ1) is 15.2. The standard InChI is InChI=1S/C23H23N5O2S/c1-16-7-8-21(30-16)19-13-20(26-25-19)23(29)28-11-9-27(10-12-28)14-18-15-31-22(24-18)17-5-3-2-4-6-17/h2-8,13,15H,9-12,14H2,1H3,(H,25,26). The van der Waals surface area contributed by atoms with Crippen LogP contribution in [0, 0.1) is 6.92 Å². The molecule has 0 atom stereocenters. The summed E-state index contributed by atoms with van der Waals surface area (Å²) in [5, 5.41) is 10.3. The molecular formula is C23H23N5O2S. The first kappa shape index (κ1) is 19.7. The van der Waals surface area contributed by atoms with Crippen LogP contribution >= 0.6 is 11.3 Å². The Bertz CT molecular complexity index is 1170. The zero-order valence-electron chi connectivity index (χ0n) is 17.2. The predicted molar refractivity (Wildman–Crippen MR) is 120 cm³/mol. The molecule has 1 N–H and O–H groups in total. The van der Waals surface area contributed by atoms with Crippen LogP contribution in [0.5, 0.6) is 0 Å². The number of amides is 1. The van der Waals surface area contributed by atoms with E-state index in [1.54, 1.807) is 17.4 Å². The monoisotopic (exact) mass is 433 g/mol. The van der Waals surface area contributed by atoms with Gasteiger partial charge in [-0.05, 0) is 19.1 Å². The number of nitrogens with one attached hydrogen (secondary N) is 1. The normalized spacial score (nSPS) is 14.8. The molecule has 8 heteroatoms. The van der Waals surface area contributed by atoms with Crippen molar-refractivity contribution in [2.24, 2.45) is 0 Å². The Labute approximate surface area is 184 Å². The van der Waals surface area contributed by atoms with E-state index in [4.69, 9.17) is 9.40 Å². The second-order valence-corrected chi connectivity index (χ2v) is 8.51. The van der Waals surface area contributed by atoms with Crippen LogP contribution in [0.3, 0.4) is 0 Å². The molecule has 3 aromatic heterocycles. The number of thiazole rings is 1. The second-order valence-electron chi connectivity index (χ2n) is 7.66. The topological polar surface area (TPSA) is 78.3 Å². The van der Waals surface area contributed by atoms with Gasteiger partial charge < -0.3 is 9.32 Å². The number of aromatic amines is 1. The van der Waals surface area contributed by atoms with Crippen LogP contribution in [0.1, 0.15) is 21.9 Å². The van der Waals surface area contributed by atoms with Gasteiger partial charge in [-0.3, -0.25) is 14.8 Å². The summed E-state index contributed by atoms with van der Waals surface area (Å²) in [6, 6.07) is 15.8. The van der Waals surface area contributed by atoms with E-state index in [9.17, 15) is 4.79 Å². The van der Waals surface area contributed by atoms with Crippen LogP contribution < -0.4 is 0 Å². The summed E-state index contributed by atoms with van der Waals surface area (Å²) in [5.41, 5.74) is 3.36. The molecule has 158 valence electrons. The second kappa shape index (κ2) is 8.49. The number of piperazine rings is 1. The quantitative estimate of drug-likeness (QED) is 0.514. The van der Waals surface area contributed by atoms with Crippen molar-refractivity contribution in [3.05, 3.63) is 71.1 Å². The van der Waals surface area contributed by atoms with Crippen LogP contribution in [0.15, 0.2) is 58.3 Å². The fraction of sp³-hybridized carbons (Fsp3) is 0.261. The summed E-state index contributed by atoms with van der Waals surface area (Å²) in [7, 11) is 0. The lowest BCUT2D eigenvalue weighted by atomic mass is 10.2. The van der Waals surface area contributed by atoms with Crippen molar-refractivity contribution in [2.75, 3.05) is 26.2 Å². The summed E-state index contributed by atoms with van der Waals surface area (Å²) in [4.78, 5) is 21.8. The minimum absolute atomic E-state index is 0.0505. The molecule has 0 aliphatic carbocycles. The lowest BCUT2D eigenvalue weighted by molar-refractivity contribution is 0.0621. The largest absolute Gasteiger partial charge is 0.460 e. The zero-order valence-corrected chi connectivity index (χ0v) is 18.1. The van der Waals surface area contributed by atoms with Gasteiger partial charge in [0.25, 0.3) is 5.91 Å². The zero-order chi connectivity index (χ0) is 21.2. The maximum atomic E-state index is 12.9. The SMILES string of the molecule is Cc1ccc(-c2cc(C(=O)N3CCN(Cc4csc(-c5ccccc5)n4)CC3)n[nH]2)o1. The van der Waals surface area contributed by atoms with E-state index in [2.05, 4.69) is 32.6 Å². The van der Waals surface area contributed by atoms with Crippen molar-refractivity contribution in [1.29, 1.82) is 0 Å². The van der Waals surface area contributed by atoms with Gasteiger partial charge >= 0.3 is 0 Å². The minimum atomic E-state index is -0.0505. The average molecular weight is 434 g/mol. The Kier molecular flexibility index (Phi) is 5.40. The third kappa shape index (κ3) is 4.30. The van der Waals surface area contributed by atoms with Crippen LogP contribution in [0.2, 0.25) is 0 Å². The number of furan rings is 1. The van der Waals surface area contributed by atoms with Crippen molar-refractivity contribution in [2.45, 2.75) is 13.5 Å². The van der Waals surface area contributed by atoms with E-state index >= 15 is 0 Å². The third-order valence-corrected chi connectivity index (χ3v) is 6.36. The van der Waals surface area contributed by atoms with Gasteiger partial charge in [0.15, 0.2) is 11.5 Å². The first-order valence-electron chi connectivity index (χ1n) is 10.3. The molecular weight excluding hydrogens is 410 g/mol. The molecule has 1 fully saturated rings. The molecule has 1 aliphatic heterocycles. The highest BCUT2D eigenvalue weighted by molar-refractivity contribution is 7.13. The molecule has 1 aromatic carbocycles. The van der Waals surface area contributed by atoms with E-state index in [1.807, 2.05) is 42.2 Å². The van der Waals surface area contributed by atoms with Crippen LogP contribution in [-0.4, -0.2) is 57.1 Å². The Balaban J connectivity index is 1.17. The number of carbonyl (C=O) groups excluding carboxylic acids is 1. The van der Waals surface area contributed by atoms with Gasteiger partial charge in [-0.15, -0.1) is 11.3 Å². The van der Waals surface area contributed by atoms with Crippen LogP contribution in [0.4, 0.5) is 0 Å². The summed E-state index contributed by atoms with van der Waals surface area (Å²) in [6.45, 7) is 5.68. The van der Waals surface area contributed by atoms with Crippen molar-refractivity contribution in [1.82, 2.24) is 25.0 Å². The number of benzene rings is 1. The van der Waals surface area contributed by atoms with Crippen molar-refractivity contribution < 1.29 is 9.21 Å². The molecule has 0 spiro atoms. The highest BCUT2D eigenvalue weighted by Gasteiger charge is 2.24. The lowest BCUT2D eigenvalue weighted by Gasteiger charge is -2.34. The highest BCUT2D eigenvalue weighted by Crippen LogP contribution is 2.24. The van der Waals surface area contributed by atoms with Gasteiger partial charge in [0.05, 0.1) is 5.69 Å². The fourth-order valence-corrected chi connectivity index (χ4v) is 4.55. The summed E-state index contributed by atoms with van der Waals surface area (Å²) in [6.07, 6.45) is 0. The number of hydrogen-bond donors (Lipinski definition) is 1. The number of H-pyrrole nitrogens is 1. The maximum absolute atomic E-state index is 12.9.